The Bertz CT molecular complexity index is 374. The lowest BCUT2D eigenvalue weighted by molar-refractivity contribution is -0.126. The summed E-state index contributed by atoms with van der Waals surface area (Å²) in [7, 11) is 3.64. The third-order valence-corrected chi connectivity index (χ3v) is 5.73. The van der Waals surface area contributed by atoms with Gasteiger partial charge in [-0.3, -0.25) is 9.59 Å². The second-order valence-electron chi connectivity index (χ2n) is 8.05. The maximum Gasteiger partial charge on any atom is 0.220 e. The molecule has 4 nitrogen and oxygen atoms in total. The molecule has 0 saturated heterocycles. The molecule has 2 N–H and O–H groups in total. The molecule has 0 radical (unpaired) electrons. The summed E-state index contributed by atoms with van der Waals surface area (Å²) in [6.07, 6.45) is 2.68. The lowest BCUT2D eigenvalue weighted by atomic mass is 9.88. The standard InChI is InChI=1S/C18H36N2O2S2/c1-17(2,3)15(21)9-7-8-10-16(22)19-11-13-23-24-14-12-20-18(4,5)6/h20H,7-14H2,1-6H3,(H,19,22). The Morgan fingerprint density at radius 2 is 1.38 bits per heavy atom. The van der Waals surface area contributed by atoms with Gasteiger partial charge in [-0.15, -0.1) is 0 Å². The van der Waals surface area contributed by atoms with Crippen molar-refractivity contribution in [1.82, 2.24) is 10.6 Å². The number of hydrogen-bond donors (Lipinski definition) is 2. The molecular weight excluding hydrogens is 340 g/mol. The Labute approximate surface area is 156 Å². The number of hydrogen-bond acceptors (Lipinski definition) is 5. The summed E-state index contributed by atoms with van der Waals surface area (Å²) in [6.45, 7) is 14.0. The van der Waals surface area contributed by atoms with Crippen LogP contribution in [0.2, 0.25) is 0 Å². The summed E-state index contributed by atoms with van der Waals surface area (Å²) in [5.74, 6) is 2.36. The second-order valence-corrected chi connectivity index (χ2v) is 10.8. The molecule has 0 rings (SSSR count). The molecule has 1 amide bonds. The van der Waals surface area contributed by atoms with E-state index in [0.717, 1.165) is 30.9 Å². The van der Waals surface area contributed by atoms with Crippen molar-refractivity contribution in [2.24, 2.45) is 5.41 Å². The van der Waals surface area contributed by atoms with Crippen LogP contribution in [-0.4, -0.2) is 41.8 Å². The summed E-state index contributed by atoms with van der Waals surface area (Å²) in [5.41, 5.74) is -0.0871. The molecule has 24 heavy (non-hydrogen) atoms. The van der Waals surface area contributed by atoms with Crippen LogP contribution < -0.4 is 10.6 Å². The summed E-state index contributed by atoms with van der Waals surface area (Å²) in [4.78, 5) is 23.5. The maximum atomic E-state index is 11.8. The summed E-state index contributed by atoms with van der Waals surface area (Å²) in [5, 5.41) is 6.39. The van der Waals surface area contributed by atoms with E-state index in [4.69, 9.17) is 0 Å². The Hall–Kier alpha value is -0.200. The Morgan fingerprint density at radius 3 is 1.92 bits per heavy atom. The quantitative estimate of drug-likeness (QED) is 0.397. The highest BCUT2D eigenvalue weighted by Gasteiger charge is 2.20. The van der Waals surface area contributed by atoms with Crippen molar-refractivity contribution in [3.8, 4) is 0 Å². The van der Waals surface area contributed by atoms with Crippen LogP contribution in [0.1, 0.15) is 67.2 Å². The Balaban J connectivity index is 3.43. The predicted molar refractivity (Wildman–Crippen MR) is 109 cm³/mol. The fraction of sp³-hybridized carbons (Fsp3) is 0.889. The molecule has 0 saturated carbocycles. The molecule has 0 aromatic rings. The van der Waals surface area contributed by atoms with Gasteiger partial charge in [0.1, 0.15) is 5.78 Å². The maximum absolute atomic E-state index is 11.8. The van der Waals surface area contributed by atoms with E-state index in [1.54, 1.807) is 10.8 Å². The van der Waals surface area contributed by atoms with Crippen LogP contribution in [0.25, 0.3) is 0 Å². The minimum absolute atomic E-state index is 0.0956. The van der Waals surface area contributed by atoms with Crippen molar-refractivity contribution < 1.29 is 9.59 Å². The predicted octanol–water partition coefficient (Wildman–Crippen LogP) is 4.05. The van der Waals surface area contributed by atoms with Gasteiger partial charge in [-0.25, -0.2) is 0 Å². The summed E-state index contributed by atoms with van der Waals surface area (Å²) < 4.78 is 0. The zero-order valence-electron chi connectivity index (χ0n) is 16.3. The Morgan fingerprint density at radius 1 is 0.833 bits per heavy atom. The monoisotopic (exact) mass is 376 g/mol. The van der Waals surface area contributed by atoms with Gasteiger partial charge >= 0.3 is 0 Å². The second kappa shape index (κ2) is 12.2. The van der Waals surface area contributed by atoms with E-state index in [9.17, 15) is 9.59 Å². The molecule has 0 fully saturated rings. The van der Waals surface area contributed by atoms with Gasteiger partial charge in [-0.05, 0) is 33.6 Å². The van der Waals surface area contributed by atoms with Gasteiger partial charge in [0.2, 0.25) is 5.91 Å². The van der Waals surface area contributed by atoms with Crippen LogP contribution in [0.15, 0.2) is 0 Å². The van der Waals surface area contributed by atoms with Crippen molar-refractivity contribution in [3.05, 3.63) is 0 Å². The molecule has 0 aromatic carbocycles. The van der Waals surface area contributed by atoms with Crippen molar-refractivity contribution in [3.63, 3.8) is 0 Å². The van der Waals surface area contributed by atoms with Crippen molar-refractivity contribution in [2.75, 3.05) is 24.6 Å². The molecule has 0 heterocycles. The fourth-order valence-electron chi connectivity index (χ4n) is 1.85. The highest BCUT2D eigenvalue weighted by atomic mass is 33.1. The van der Waals surface area contributed by atoms with Gasteiger partial charge in [-0.2, -0.15) is 0 Å². The van der Waals surface area contributed by atoms with E-state index in [-0.39, 0.29) is 22.6 Å². The van der Waals surface area contributed by atoms with Gasteiger partial charge in [0, 0.05) is 48.4 Å². The van der Waals surface area contributed by atoms with E-state index < -0.39 is 0 Å². The third-order valence-electron chi connectivity index (χ3n) is 3.33. The van der Waals surface area contributed by atoms with Crippen LogP contribution in [0, 0.1) is 5.41 Å². The lowest BCUT2D eigenvalue weighted by Crippen LogP contribution is -2.37. The first-order chi connectivity index (χ1) is 11.0. The number of ketones is 1. The number of carbonyl (C=O) groups is 2. The highest BCUT2D eigenvalue weighted by molar-refractivity contribution is 8.76. The SMILES string of the molecule is CC(C)(C)NCCSSCCNC(=O)CCCCC(=O)C(C)(C)C. The highest BCUT2D eigenvalue weighted by Crippen LogP contribution is 2.20. The van der Waals surface area contributed by atoms with Crippen LogP contribution in [0.4, 0.5) is 0 Å². The van der Waals surface area contributed by atoms with Crippen molar-refractivity contribution in [2.45, 2.75) is 72.8 Å². The molecule has 0 bridgehead atoms. The van der Waals surface area contributed by atoms with Crippen LogP contribution in [0.5, 0.6) is 0 Å². The number of Topliss-reactive ketones (excluding diaryl/α,β-unsaturated/α-hetero) is 1. The largest absolute Gasteiger partial charge is 0.355 e. The van der Waals surface area contributed by atoms with Crippen molar-refractivity contribution in [1.29, 1.82) is 0 Å². The molecule has 0 aromatic heterocycles. The molecular formula is C18H36N2O2S2. The summed E-state index contributed by atoms with van der Waals surface area (Å²) in [6, 6.07) is 0. The van der Waals surface area contributed by atoms with E-state index in [1.165, 1.54) is 0 Å². The van der Waals surface area contributed by atoms with Gasteiger partial charge < -0.3 is 10.6 Å². The van der Waals surface area contributed by atoms with Crippen LogP contribution in [0.3, 0.4) is 0 Å². The lowest BCUT2D eigenvalue weighted by Gasteiger charge is -2.20. The number of amides is 1. The number of rotatable bonds is 12. The molecule has 0 unspecified atom stereocenters. The molecule has 0 aliphatic heterocycles. The van der Waals surface area contributed by atoms with Gasteiger partial charge in [-0.1, -0.05) is 42.4 Å². The van der Waals surface area contributed by atoms with Crippen LogP contribution in [-0.2, 0) is 9.59 Å². The van der Waals surface area contributed by atoms with Gasteiger partial charge in [0.05, 0.1) is 0 Å². The first kappa shape index (κ1) is 23.8. The average molecular weight is 377 g/mol. The third kappa shape index (κ3) is 15.3. The molecule has 142 valence electrons. The molecule has 0 aliphatic rings. The number of unbranched alkanes of at least 4 members (excludes halogenated alkanes) is 1. The minimum atomic E-state index is -0.264. The van der Waals surface area contributed by atoms with Gasteiger partial charge in [0.25, 0.3) is 0 Å². The van der Waals surface area contributed by atoms with E-state index >= 15 is 0 Å². The number of nitrogens with one attached hydrogen (secondary N) is 2. The van der Waals surface area contributed by atoms with E-state index in [1.807, 2.05) is 31.6 Å². The van der Waals surface area contributed by atoms with Crippen molar-refractivity contribution >= 4 is 33.3 Å². The van der Waals surface area contributed by atoms with Crippen LogP contribution >= 0.6 is 21.6 Å². The number of carbonyl (C=O) groups excluding carboxylic acids is 2. The molecule has 0 spiro atoms. The zero-order chi connectivity index (χ0) is 18.6. The minimum Gasteiger partial charge on any atom is -0.355 e. The smallest absolute Gasteiger partial charge is 0.220 e. The van der Waals surface area contributed by atoms with E-state index in [0.29, 0.717) is 19.4 Å². The molecule has 6 heteroatoms. The first-order valence-corrected chi connectivity index (χ1v) is 11.3. The molecule has 0 aliphatic carbocycles. The normalized spacial score (nSPS) is 12.2. The summed E-state index contributed by atoms with van der Waals surface area (Å²) >= 11 is 0. The van der Waals surface area contributed by atoms with E-state index in [2.05, 4.69) is 31.4 Å². The average Bonchev–Trinajstić information content (AvgIpc) is 2.44. The molecule has 0 atom stereocenters. The first-order valence-electron chi connectivity index (χ1n) is 8.82. The zero-order valence-corrected chi connectivity index (χ0v) is 17.9. The fourth-order valence-corrected chi connectivity index (χ4v) is 3.67. The Kier molecular flexibility index (Phi) is 12.1. The topological polar surface area (TPSA) is 58.2 Å². The van der Waals surface area contributed by atoms with Gasteiger partial charge in [0.15, 0.2) is 0 Å².